The zero-order chi connectivity index (χ0) is 20.9. The molecule has 2 aromatic carbocycles. The highest BCUT2D eigenvalue weighted by Gasteiger charge is 2.13. The average molecular weight is 422 g/mol. The molecule has 0 aliphatic heterocycles. The molecule has 0 radical (unpaired) electrons. The van der Waals surface area contributed by atoms with E-state index in [0.29, 0.717) is 29.7 Å². The normalized spacial score (nSPS) is 10.9. The molecule has 2 aromatic rings. The maximum atomic E-state index is 13.1. The third kappa shape index (κ3) is 8.63. The van der Waals surface area contributed by atoms with Gasteiger partial charge in [0.15, 0.2) is 11.5 Å². The zero-order valence-electron chi connectivity index (χ0n) is 17.6. The second-order valence-corrected chi connectivity index (χ2v) is 7.60. The van der Waals surface area contributed by atoms with Gasteiger partial charge in [-0.3, -0.25) is 0 Å². The van der Waals surface area contributed by atoms with E-state index >= 15 is 0 Å². The van der Waals surface area contributed by atoms with Crippen LogP contribution in [0.2, 0.25) is 5.02 Å². The molecule has 0 aliphatic rings. The lowest BCUT2D eigenvalue weighted by Gasteiger charge is -2.16. The lowest BCUT2D eigenvalue weighted by molar-refractivity contribution is 0.269. The number of hydrogen-bond donors (Lipinski definition) is 1. The van der Waals surface area contributed by atoms with Gasteiger partial charge in [-0.15, -0.1) is 0 Å². The van der Waals surface area contributed by atoms with Crippen LogP contribution in [0.3, 0.4) is 0 Å². The van der Waals surface area contributed by atoms with Crippen LogP contribution in [0.4, 0.5) is 4.39 Å². The van der Waals surface area contributed by atoms with Crippen molar-refractivity contribution in [3.63, 3.8) is 0 Å². The topological polar surface area (TPSA) is 30.5 Å². The van der Waals surface area contributed by atoms with Crippen molar-refractivity contribution in [1.29, 1.82) is 0 Å². The summed E-state index contributed by atoms with van der Waals surface area (Å²) in [6.07, 6.45) is 7.73. The van der Waals surface area contributed by atoms with Crippen molar-refractivity contribution in [2.24, 2.45) is 0 Å². The summed E-state index contributed by atoms with van der Waals surface area (Å²) in [7, 11) is 0. The van der Waals surface area contributed by atoms with Gasteiger partial charge in [0, 0.05) is 6.54 Å². The van der Waals surface area contributed by atoms with Gasteiger partial charge in [-0.25, -0.2) is 4.39 Å². The predicted octanol–water partition coefficient (Wildman–Crippen LogP) is 6.91. The van der Waals surface area contributed by atoms with Crippen molar-refractivity contribution >= 4 is 11.6 Å². The number of hydrogen-bond acceptors (Lipinski definition) is 3. The highest BCUT2D eigenvalue weighted by Crippen LogP contribution is 2.37. The summed E-state index contributed by atoms with van der Waals surface area (Å²) < 4.78 is 24.7. The fourth-order valence-corrected chi connectivity index (χ4v) is 3.41. The van der Waals surface area contributed by atoms with Gasteiger partial charge < -0.3 is 14.8 Å². The highest BCUT2D eigenvalue weighted by atomic mass is 35.5. The molecule has 5 heteroatoms. The van der Waals surface area contributed by atoms with Crippen LogP contribution in [0.25, 0.3) is 0 Å². The van der Waals surface area contributed by atoms with E-state index in [-0.39, 0.29) is 5.82 Å². The van der Waals surface area contributed by atoms with Crippen LogP contribution in [0.15, 0.2) is 36.4 Å². The number of nitrogens with one attached hydrogen (secondary N) is 1. The van der Waals surface area contributed by atoms with Crippen molar-refractivity contribution in [3.8, 4) is 11.5 Å². The lowest BCUT2D eigenvalue weighted by Crippen LogP contribution is -2.15. The molecule has 0 saturated carbocycles. The Bertz CT molecular complexity index is 722. The van der Waals surface area contributed by atoms with Crippen molar-refractivity contribution in [1.82, 2.24) is 5.32 Å². The Morgan fingerprint density at radius 3 is 2.34 bits per heavy atom. The van der Waals surface area contributed by atoms with E-state index in [0.717, 1.165) is 24.2 Å². The largest absolute Gasteiger partial charge is 0.490 e. The molecule has 0 unspecified atom stereocenters. The maximum absolute atomic E-state index is 13.1. The molecule has 0 heterocycles. The van der Waals surface area contributed by atoms with E-state index in [1.54, 1.807) is 12.1 Å². The van der Waals surface area contributed by atoms with Gasteiger partial charge in [-0.2, -0.15) is 0 Å². The van der Waals surface area contributed by atoms with Crippen LogP contribution >= 0.6 is 11.6 Å². The number of benzene rings is 2. The summed E-state index contributed by atoms with van der Waals surface area (Å²) in [6, 6.07) is 10.1. The second kappa shape index (κ2) is 13.4. The van der Waals surface area contributed by atoms with Crippen LogP contribution in [-0.2, 0) is 13.2 Å². The summed E-state index contributed by atoms with van der Waals surface area (Å²) in [5.74, 6) is 0.899. The molecule has 0 fully saturated rings. The summed E-state index contributed by atoms with van der Waals surface area (Å²) in [6.45, 7) is 6.74. The Labute approximate surface area is 179 Å². The Balaban J connectivity index is 1.88. The SMILES string of the molecule is CCCCCCCCNCc1cc(Cl)c(OCc2ccc(F)cc2)c(OCC)c1. The quantitative estimate of drug-likeness (QED) is 0.336. The molecular weight excluding hydrogens is 389 g/mol. The predicted molar refractivity (Wildman–Crippen MR) is 118 cm³/mol. The molecule has 0 spiro atoms. The minimum Gasteiger partial charge on any atom is -0.490 e. The van der Waals surface area contributed by atoms with Gasteiger partial charge in [0.2, 0.25) is 0 Å². The molecule has 0 saturated heterocycles. The molecule has 0 aliphatic carbocycles. The highest BCUT2D eigenvalue weighted by molar-refractivity contribution is 6.32. The summed E-state index contributed by atoms with van der Waals surface area (Å²) in [5, 5.41) is 4.00. The lowest BCUT2D eigenvalue weighted by atomic mass is 10.1. The molecule has 0 amide bonds. The van der Waals surface area contributed by atoms with Gasteiger partial charge >= 0.3 is 0 Å². The number of rotatable bonds is 14. The minimum absolute atomic E-state index is 0.264. The Morgan fingerprint density at radius 2 is 1.62 bits per heavy atom. The third-order valence-corrected chi connectivity index (χ3v) is 4.98. The van der Waals surface area contributed by atoms with Gasteiger partial charge in [0.05, 0.1) is 11.6 Å². The van der Waals surface area contributed by atoms with E-state index < -0.39 is 0 Å². The minimum atomic E-state index is -0.264. The van der Waals surface area contributed by atoms with E-state index in [2.05, 4.69) is 12.2 Å². The van der Waals surface area contributed by atoms with Crippen molar-refractivity contribution < 1.29 is 13.9 Å². The van der Waals surface area contributed by atoms with Crippen molar-refractivity contribution in [2.45, 2.75) is 65.5 Å². The number of unbranched alkanes of at least 4 members (excludes halogenated alkanes) is 5. The molecule has 1 N–H and O–H groups in total. The van der Waals surface area contributed by atoms with Crippen LogP contribution < -0.4 is 14.8 Å². The Hall–Kier alpha value is -1.78. The smallest absolute Gasteiger partial charge is 0.180 e. The zero-order valence-corrected chi connectivity index (χ0v) is 18.4. The molecule has 3 nitrogen and oxygen atoms in total. The monoisotopic (exact) mass is 421 g/mol. The molecule has 0 bridgehead atoms. The molecule has 2 rings (SSSR count). The summed E-state index contributed by atoms with van der Waals surface area (Å²) in [4.78, 5) is 0. The fraction of sp³-hybridized carbons (Fsp3) is 0.500. The van der Waals surface area contributed by atoms with Crippen LogP contribution in [0.1, 0.15) is 63.5 Å². The standard InChI is InChI=1S/C24H33ClFNO2/c1-3-5-6-7-8-9-14-27-17-20-15-22(25)24(23(16-20)28-4-2)29-18-19-10-12-21(26)13-11-19/h10-13,15-16,27H,3-9,14,17-18H2,1-2H3. The second-order valence-electron chi connectivity index (χ2n) is 7.20. The Morgan fingerprint density at radius 1 is 0.897 bits per heavy atom. The first kappa shape index (κ1) is 23.5. The average Bonchev–Trinajstić information content (AvgIpc) is 2.71. The van der Waals surface area contributed by atoms with Crippen LogP contribution in [-0.4, -0.2) is 13.2 Å². The summed E-state index contributed by atoms with van der Waals surface area (Å²) >= 11 is 6.48. The van der Waals surface area contributed by atoms with Crippen molar-refractivity contribution in [3.05, 3.63) is 58.4 Å². The molecule has 0 atom stereocenters. The number of halogens is 2. The van der Waals surface area contributed by atoms with Gasteiger partial charge in [0.1, 0.15) is 12.4 Å². The first-order valence-electron chi connectivity index (χ1n) is 10.7. The summed E-state index contributed by atoms with van der Waals surface area (Å²) in [5.41, 5.74) is 1.94. The Kier molecular flexibility index (Phi) is 10.9. The van der Waals surface area contributed by atoms with Gasteiger partial charge in [0.25, 0.3) is 0 Å². The van der Waals surface area contributed by atoms with Crippen molar-refractivity contribution in [2.75, 3.05) is 13.2 Å². The fourth-order valence-electron chi connectivity index (χ4n) is 3.13. The van der Waals surface area contributed by atoms with Gasteiger partial charge in [-0.05, 0) is 55.3 Å². The van der Waals surface area contributed by atoms with Crippen LogP contribution in [0.5, 0.6) is 11.5 Å². The van der Waals surface area contributed by atoms with E-state index in [9.17, 15) is 4.39 Å². The molecule has 0 aromatic heterocycles. The van der Waals surface area contributed by atoms with Crippen LogP contribution in [0, 0.1) is 5.82 Å². The first-order chi connectivity index (χ1) is 14.1. The molecule has 160 valence electrons. The van der Waals surface area contributed by atoms with E-state index in [1.807, 2.05) is 19.1 Å². The third-order valence-electron chi connectivity index (χ3n) is 4.70. The maximum Gasteiger partial charge on any atom is 0.180 e. The van der Waals surface area contributed by atoms with E-state index in [4.69, 9.17) is 21.1 Å². The molecular formula is C24H33ClFNO2. The van der Waals surface area contributed by atoms with Gasteiger partial charge in [-0.1, -0.05) is 62.8 Å². The molecule has 29 heavy (non-hydrogen) atoms. The number of ether oxygens (including phenoxy) is 2. The van der Waals surface area contributed by atoms with E-state index in [1.165, 1.54) is 50.7 Å². The first-order valence-corrected chi connectivity index (χ1v) is 11.0.